The predicted octanol–water partition coefficient (Wildman–Crippen LogP) is 2.12. The summed E-state index contributed by atoms with van der Waals surface area (Å²) in [5, 5.41) is 3.56. The number of hydrogen-bond donors (Lipinski definition) is 1. The van der Waals surface area contributed by atoms with Crippen LogP contribution in [0.2, 0.25) is 0 Å². The van der Waals surface area contributed by atoms with Crippen LogP contribution >= 0.6 is 0 Å². The molecule has 146 valence electrons. The van der Waals surface area contributed by atoms with Gasteiger partial charge in [-0.05, 0) is 32.1 Å². The second-order valence-corrected chi connectivity index (χ2v) is 6.67. The zero-order valence-electron chi connectivity index (χ0n) is 17.0. The van der Waals surface area contributed by atoms with Crippen LogP contribution in [0.15, 0.2) is 29.3 Å². The SMILES string of the molecule is CCN(CC)C(C)CNC(=NC)N1CCN(c2cccc(OC)c2)CC1. The van der Waals surface area contributed by atoms with Crippen molar-refractivity contribution in [2.75, 3.05) is 64.9 Å². The highest BCUT2D eigenvalue weighted by molar-refractivity contribution is 5.80. The number of aliphatic imine (C=N–C) groups is 1. The number of nitrogens with one attached hydrogen (secondary N) is 1. The maximum absolute atomic E-state index is 5.34. The lowest BCUT2D eigenvalue weighted by Crippen LogP contribution is -2.54. The average molecular weight is 362 g/mol. The molecule has 0 saturated carbocycles. The van der Waals surface area contributed by atoms with E-state index in [1.54, 1.807) is 7.11 Å². The standard InChI is InChI=1S/C20H35N5O/c1-6-23(7-2)17(3)16-22-20(21-4)25-13-11-24(12-14-25)18-9-8-10-19(15-18)26-5/h8-10,15,17H,6-7,11-14,16H2,1-5H3,(H,21,22). The first-order valence-corrected chi connectivity index (χ1v) is 9.71. The Morgan fingerprint density at radius 1 is 1.23 bits per heavy atom. The molecule has 0 amide bonds. The highest BCUT2D eigenvalue weighted by Crippen LogP contribution is 2.22. The first-order valence-electron chi connectivity index (χ1n) is 9.71. The van der Waals surface area contributed by atoms with Crippen LogP contribution in [0.3, 0.4) is 0 Å². The third-order valence-corrected chi connectivity index (χ3v) is 5.20. The van der Waals surface area contributed by atoms with Crippen LogP contribution in [-0.2, 0) is 0 Å². The van der Waals surface area contributed by atoms with Crippen molar-refractivity contribution in [3.05, 3.63) is 24.3 Å². The minimum atomic E-state index is 0.500. The van der Waals surface area contributed by atoms with Crippen LogP contribution in [0.25, 0.3) is 0 Å². The largest absolute Gasteiger partial charge is 0.497 e. The van der Waals surface area contributed by atoms with E-state index in [0.717, 1.165) is 57.5 Å². The van der Waals surface area contributed by atoms with Gasteiger partial charge < -0.3 is 19.9 Å². The quantitative estimate of drug-likeness (QED) is 0.595. The van der Waals surface area contributed by atoms with Crippen molar-refractivity contribution in [2.24, 2.45) is 4.99 Å². The Hall–Kier alpha value is -1.95. The van der Waals surface area contributed by atoms with E-state index in [-0.39, 0.29) is 0 Å². The molecule has 6 nitrogen and oxygen atoms in total. The molecule has 1 saturated heterocycles. The summed E-state index contributed by atoms with van der Waals surface area (Å²) in [4.78, 5) is 11.7. The van der Waals surface area contributed by atoms with Crippen LogP contribution in [0, 0.1) is 0 Å². The maximum Gasteiger partial charge on any atom is 0.193 e. The van der Waals surface area contributed by atoms with E-state index >= 15 is 0 Å². The first kappa shape index (κ1) is 20.4. The summed E-state index contributed by atoms with van der Waals surface area (Å²) in [7, 11) is 3.59. The zero-order valence-corrected chi connectivity index (χ0v) is 17.0. The van der Waals surface area contributed by atoms with Crippen LogP contribution in [-0.4, -0.2) is 81.8 Å². The Labute approximate surface area is 158 Å². The van der Waals surface area contributed by atoms with Crippen molar-refractivity contribution in [1.29, 1.82) is 0 Å². The van der Waals surface area contributed by atoms with Gasteiger partial charge in [0, 0.05) is 57.6 Å². The summed E-state index contributed by atoms with van der Waals surface area (Å²) in [6, 6.07) is 8.80. The van der Waals surface area contributed by atoms with Gasteiger partial charge in [-0.15, -0.1) is 0 Å². The average Bonchev–Trinajstić information content (AvgIpc) is 2.70. The van der Waals surface area contributed by atoms with Gasteiger partial charge in [0.1, 0.15) is 5.75 Å². The monoisotopic (exact) mass is 361 g/mol. The summed E-state index contributed by atoms with van der Waals surface area (Å²) in [5.41, 5.74) is 1.22. The predicted molar refractivity (Wildman–Crippen MR) is 111 cm³/mol. The molecule has 1 aromatic rings. The van der Waals surface area contributed by atoms with Gasteiger partial charge in [-0.1, -0.05) is 19.9 Å². The van der Waals surface area contributed by atoms with E-state index in [4.69, 9.17) is 4.74 Å². The van der Waals surface area contributed by atoms with Crippen molar-refractivity contribution in [1.82, 2.24) is 15.1 Å². The summed E-state index contributed by atoms with van der Waals surface area (Å²) < 4.78 is 5.34. The molecule has 1 fully saturated rings. The number of ether oxygens (including phenoxy) is 1. The Morgan fingerprint density at radius 3 is 2.50 bits per heavy atom. The van der Waals surface area contributed by atoms with Gasteiger partial charge in [0.25, 0.3) is 0 Å². The molecule has 1 aliphatic heterocycles. The molecule has 1 atom stereocenters. The normalized spacial score (nSPS) is 16.8. The number of nitrogens with zero attached hydrogens (tertiary/aromatic N) is 4. The summed E-state index contributed by atoms with van der Waals surface area (Å²) in [6.07, 6.45) is 0. The fourth-order valence-corrected chi connectivity index (χ4v) is 3.53. The fourth-order valence-electron chi connectivity index (χ4n) is 3.53. The third kappa shape index (κ3) is 5.27. The number of methoxy groups -OCH3 is 1. The lowest BCUT2D eigenvalue weighted by atomic mass is 10.2. The number of rotatable bonds is 7. The number of anilines is 1. The van der Waals surface area contributed by atoms with E-state index < -0.39 is 0 Å². The van der Waals surface area contributed by atoms with Gasteiger partial charge in [-0.25, -0.2) is 0 Å². The minimum Gasteiger partial charge on any atom is -0.497 e. The molecule has 0 spiro atoms. The molecule has 0 radical (unpaired) electrons. The van der Waals surface area contributed by atoms with Gasteiger partial charge in [-0.2, -0.15) is 0 Å². The topological polar surface area (TPSA) is 43.3 Å². The molecular formula is C20H35N5O. The van der Waals surface area contributed by atoms with Crippen molar-refractivity contribution in [2.45, 2.75) is 26.8 Å². The molecule has 1 N–H and O–H groups in total. The highest BCUT2D eigenvalue weighted by Gasteiger charge is 2.21. The molecule has 6 heteroatoms. The van der Waals surface area contributed by atoms with Crippen LogP contribution < -0.4 is 15.0 Å². The molecule has 0 aromatic heterocycles. The second kappa shape index (κ2) is 10.3. The Morgan fingerprint density at radius 2 is 1.92 bits per heavy atom. The number of likely N-dealkylation sites (N-methyl/N-ethyl adjacent to an activating group) is 1. The van der Waals surface area contributed by atoms with Crippen molar-refractivity contribution in [3.63, 3.8) is 0 Å². The number of hydrogen-bond acceptors (Lipinski definition) is 4. The van der Waals surface area contributed by atoms with E-state index in [1.807, 2.05) is 13.1 Å². The van der Waals surface area contributed by atoms with Gasteiger partial charge in [-0.3, -0.25) is 9.89 Å². The first-order chi connectivity index (χ1) is 12.6. The van der Waals surface area contributed by atoms with Gasteiger partial charge in [0.15, 0.2) is 5.96 Å². The Kier molecular flexibility index (Phi) is 8.04. The summed E-state index contributed by atoms with van der Waals surface area (Å²) >= 11 is 0. The Bertz CT molecular complexity index is 565. The van der Waals surface area contributed by atoms with Gasteiger partial charge in [0.05, 0.1) is 7.11 Å². The van der Waals surface area contributed by atoms with E-state index in [9.17, 15) is 0 Å². The van der Waals surface area contributed by atoms with E-state index in [2.05, 4.69) is 64.0 Å². The minimum absolute atomic E-state index is 0.500. The number of benzene rings is 1. The van der Waals surface area contributed by atoms with Crippen molar-refractivity contribution < 1.29 is 4.74 Å². The van der Waals surface area contributed by atoms with Crippen LogP contribution in [0.5, 0.6) is 5.75 Å². The molecule has 1 unspecified atom stereocenters. The Balaban J connectivity index is 1.87. The molecule has 2 rings (SSSR count). The number of piperazine rings is 1. The lowest BCUT2D eigenvalue weighted by molar-refractivity contribution is 0.229. The highest BCUT2D eigenvalue weighted by atomic mass is 16.5. The van der Waals surface area contributed by atoms with Gasteiger partial charge >= 0.3 is 0 Å². The fraction of sp³-hybridized carbons (Fsp3) is 0.650. The number of guanidine groups is 1. The third-order valence-electron chi connectivity index (χ3n) is 5.20. The van der Waals surface area contributed by atoms with Gasteiger partial charge in [0.2, 0.25) is 0 Å². The smallest absolute Gasteiger partial charge is 0.193 e. The van der Waals surface area contributed by atoms with Crippen LogP contribution in [0.4, 0.5) is 5.69 Å². The molecule has 0 aliphatic carbocycles. The molecule has 26 heavy (non-hydrogen) atoms. The van der Waals surface area contributed by atoms with E-state index in [1.165, 1.54) is 5.69 Å². The lowest BCUT2D eigenvalue weighted by Gasteiger charge is -2.38. The summed E-state index contributed by atoms with van der Waals surface area (Å²) in [6.45, 7) is 13.7. The van der Waals surface area contributed by atoms with Crippen molar-refractivity contribution >= 4 is 11.6 Å². The molecule has 1 heterocycles. The van der Waals surface area contributed by atoms with E-state index in [0.29, 0.717) is 6.04 Å². The molecule has 1 aliphatic rings. The zero-order chi connectivity index (χ0) is 18.9. The molecule has 0 bridgehead atoms. The van der Waals surface area contributed by atoms with Crippen molar-refractivity contribution in [3.8, 4) is 5.75 Å². The maximum atomic E-state index is 5.34. The molecular weight excluding hydrogens is 326 g/mol. The van der Waals surface area contributed by atoms with Crippen LogP contribution in [0.1, 0.15) is 20.8 Å². The molecule has 1 aromatic carbocycles. The second-order valence-electron chi connectivity index (χ2n) is 6.67. The summed E-state index contributed by atoms with van der Waals surface area (Å²) in [5.74, 6) is 1.92.